The molecule has 0 saturated carbocycles. The number of ether oxygens (including phenoxy) is 2. The summed E-state index contributed by atoms with van der Waals surface area (Å²) in [5.74, 6) is 0.966. The molecule has 1 rings (SSSR count). The lowest BCUT2D eigenvalue weighted by Crippen LogP contribution is -2.46. The Labute approximate surface area is 117 Å². The van der Waals surface area contributed by atoms with E-state index < -0.39 is 12.1 Å². The summed E-state index contributed by atoms with van der Waals surface area (Å²) in [5.41, 5.74) is 5.73. The maximum Gasteiger partial charge on any atom is 0.312 e. The fourth-order valence-corrected chi connectivity index (χ4v) is 1.63. The summed E-state index contributed by atoms with van der Waals surface area (Å²) >= 11 is 0. The average molecular weight is 281 g/mol. The van der Waals surface area contributed by atoms with Crippen molar-refractivity contribution in [1.29, 1.82) is 0 Å². The summed E-state index contributed by atoms with van der Waals surface area (Å²) in [6, 6.07) is 3.84. The Balaban J connectivity index is 2.68. The molecule has 0 aliphatic rings. The van der Waals surface area contributed by atoms with Gasteiger partial charge in [-0.3, -0.25) is 4.79 Å². The zero-order valence-corrected chi connectivity index (χ0v) is 11.7. The minimum Gasteiger partial charge on any atom is -0.497 e. The Morgan fingerprint density at radius 1 is 1.30 bits per heavy atom. The van der Waals surface area contributed by atoms with Crippen LogP contribution in [0.2, 0.25) is 0 Å². The number of benzene rings is 1. The standard InChI is InChI=1S/C13H19N3O4/c1-8(16-13(14)18)12(17)15-7-9-6-10(19-2)4-5-11(9)20-3/h4-6,8H,7H2,1-3H3,(H,15,17)(H3,14,16,18). The first-order valence-electron chi connectivity index (χ1n) is 6.02. The fraction of sp³-hybridized carbons (Fsp3) is 0.385. The quantitative estimate of drug-likeness (QED) is 0.701. The smallest absolute Gasteiger partial charge is 0.312 e. The first-order valence-corrected chi connectivity index (χ1v) is 6.02. The van der Waals surface area contributed by atoms with Crippen LogP contribution in [-0.4, -0.2) is 32.2 Å². The monoisotopic (exact) mass is 281 g/mol. The number of carbonyl (C=O) groups excluding carboxylic acids is 2. The van der Waals surface area contributed by atoms with Crippen LogP contribution in [0.4, 0.5) is 4.79 Å². The van der Waals surface area contributed by atoms with Crippen LogP contribution >= 0.6 is 0 Å². The van der Waals surface area contributed by atoms with Crippen LogP contribution in [0.5, 0.6) is 11.5 Å². The highest BCUT2D eigenvalue weighted by Gasteiger charge is 2.14. The van der Waals surface area contributed by atoms with Crippen molar-refractivity contribution in [3.05, 3.63) is 23.8 Å². The summed E-state index contributed by atoms with van der Waals surface area (Å²) in [6.45, 7) is 1.80. The van der Waals surface area contributed by atoms with E-state index in [-0.39, 0.29) is 12.5 Å². The van der Waals surface area contributed by atoms with E-state index >= 15 is 0 Å². The molecular weight excluding hydrogens is 262 g/mol. The Morgan fingerprint density at radius 3 is 2.55 bits per heavy atom. The molecule has 0 fully saturated rings. The Morgan fingerprint density at radius 2 is 2.00 bits per heavy atom. The zero-order chi connectivity index (χ0) is 15.1. The molecular formula is C13H19N3O4. The molecule has 0 spiro atoms. The van der Waals surface area contributed by atoms with Crippen molar-refractivity contribution in [2.45, 2.75) is 19.5 Å². The SMILES string of the molecule is COc1ccc(OC)c(CNC(=O)C(C)NC(N)=O)c1. The molecule has 0 aliphatic carbocycles. The largest absolute Gasteiger partial charge is 0.497 e. The van der Waals surface area contributed by atoms with E-state index in [2.05, 4.69) is 10.6 Å². The lowest BCUT2D eigenvalue weighted by Gasteiger charge is -2.14. The molecule has 3 amide bonds. The van der Waals surface area contributed by atoms with E-state index in [1.165, 1.54) is 0 Å². The first-order chi connectivity index (χ1) is 9.47. The van der Waals surface area contributed by atoms with Gasteiger partial charge < -0.3 is 25.8 Å². The molecule has 1 aromatic rings. The second kappa shape index (κ2) is 7.22. The summed E-state index contributed by atoms with van der Waals surface area (Å²) in [7, 11) is 3.10. The maximum absolute atomic E-state index is 11.8. The van der Waals surface area contributed by atoms with Crippen molar-refractivity contribution in [2.75, 3.05) is 14.2 Å². The summed E-state index contributed by atoms with van der Waals surface area (Å²) in [6.07, 6.45) is 0. The highest BCUT2D eigenvalue weighted by Crippen LogP contribution is 2.23. The fourth-order valence-electron chi connectivity index (χ4n) is 1.63. The van der Waals surface area contributed by atoms with Crippen LogP contribution < -0.4 is 25.8 Å². The van der Waals surface area contributed by atoms with Crippen molar-refractivity contribution >= 4 is 11.9 Å². The third-order valence-corrected chi connectivity index (χ3v) is 2.69. The van der Waals surface area contributed by atoms with Gasteiger partial charge in [0, 0.05) is 12.1 Å². The van der Waals surface area contributed by atoms with Crippen molar-refractivity contribution < 1.29 is 19.1 Å². The number of nitrogens with one attached hydrogen (secondary N) is 2. The predicted molar refractivity (Wildman–Crippen MR) is 73.6 cm³/mol. The van der Waals surface area contributed by atoms with Gasteiger partial charge in [0.25, 0.3) is 0 Å². The molecule has 0 heterocycles. The maximum atomic E-state index is 11.8. The molecule has 7 heteroatoms. The van der Waals surface area contributed by atoms with Crippen LogP contribution in [-0.2, 0) is 11.3 Å². The second-order valence-corrected chi connectivity index (χ2v) is 4.13. The number of hydrogen-bond donors (Lipinski definition) is 3. The molecule has 0 saturated heterocycles. The molecule has 0 bridgehead atoms. The average Bonchev–Trinajstić information content (AvgIpc) is 2.43. The number of carbonyl (C=O) groups is 2. The van der Waals surface area contributed by atoms with Gasteiger partial charge in [-0.05, 0) is 25.1 Å². The molecule has 1 atom stereocenters. The van der Waals surface area contributed by atoms with E-state index in [9.17, 15) is 9.59 Å². The molecule has 20 heavy (non-hydrogen) atoms. The molecule has 7 nitrogen and oxygen atoms in total. The van der Waals surface area contributed by atoms with Crippen LogP contribution in [0.1, 0.15) is 12.5 Å². The molecule has 4 N–H and O–H groups in total. The van der Waals surface area contributed by atoms with Crippen LogP contribution in [0.3, 0.4) is 0 Å². The Kier molecular flexibility index (Phi) is 5.64. The van der Waals surface area contributed by atoms with Gasteiger partial charge in [-0.2, -0.15) is 0 Å². The number of methoxy groups -OCH3 is 2. The number of hydrogen-bond acceptors (Lipinski definition) is 4. The van der Waals surface area contributed by atoms with Crippen molar-refractivity contribution in [3.8, 4) is 11.5 Å². The molecule has 1 unspecified atom stereocenters. The Bertz CT molecular complexity index is 491. The van der Waals surface area contributed by atoms with Gasteiger partial charge in [0.2, 0.25) is 5.91 Å². The number of amides is 3. The third kappa shape index (κ3) is 4.34. The van der Waals surface area contributed by atoms with E-state index in [4.69, 9.17) is 15.2 Å². The molecule has 1 aromatic carbocycles. The number of nitrogens with two attached hydrogens (primary N) is 1. The minimum atomic E-state index is -0.744. The van der Waals surface area contributed by atoms with Crippen LogP contribution in [0.25, 0.3) is 0 Å². The topological polar surface area (TPSA) is 103 Å². The molecule has 0 aromatic heterocycles. The third-order valence-electron chi connectivity index (χ3n) is 2.69. The first kappa shape index (κ1) is 15.6. The van der Waals surface area contributed by atoms with E-state index in [0.717, 1.165) is 5.56 Å². The van der Waals surface area contributed by atoms with Gasteiger partial charge in [0.15, 0.2) is 0 Å². The van der Waals surface area contributed by atoms with Crippen LogP contribution in [0, 0.1) is 0 Å². The van der Waals surface area contributed by atoms with Gasteiger partial charge in [-0.15, -0.1) is 0 Å². The van der Waals surface area contributed by atoms with Gasteiger partial charge in [-0.1, -0.05) is 0 Å². The summed E-state index contributed by atoms with van der Waals surface area (Å²) in [5, 5.41) is 4.99. The Hall–Kier alpha value is -2.44. The number of rotatable bonds is 6. The van der Waals surface area contributed by atoms with E-state index in [0.29, 0.717) is 11.5 Å². The summed E-state index contributed by atoms with van der Waals surface area (Å²) in [4.78, 5) is 22.4. The van der Waals surface area contributed by atoms with E-state index in [1.807, 2.05) is 0 Å². The zero-order valence-electron chi connectivity index (χ0n) is 11.7. The molecule has 110 valence electrons. The predicted octanol–water partition coefficient (Wildman–Crippen LogP) is 0.377. The van der Waals surface area contributed by atoms with Gasteiger partial charge in [0.1, 0.15) is 17.5 Å². The normalized spacial score (nSPS) is 11.3. The lowest BCUT2D eigenvalue weighted by atomic mass is 10.2. The molecule has 0 aliphatic heterocycles. The van der Waals surface area contributed by atoms with Crippen molar-refractivity contribution in [2.24, 2.45) is 5.73 Å². The summed E-state index contributed by atoms with van der Waals surface area (Å²) < 4.78 is 10.3. The lowest BCUT2D eigenvalue weighted by molar-refractivity contribution is -0.122. The number of primary amides is 1. The van der Waals surface area contributed by atoms with Crippen LogP contribution in [0.15, 0.2) is 18.2 Å². The number of urea groups is 1. The highest BCUT2D eigenvalue weighted by molar-refractivity contribution is 5.86. The van der Waals surface area contributed by atoms with Gasteiger partial charge in [0.05, 0.1) is 14.2 Å². The second-order valence-electron chi connectivity index (χ2n) is 4.13. The minimum absolute atomic E-state index is 0.254. The van der Waals surface area contributed by atoms with Gasteiger partial charge >= 0.3 is 6.03 Å². The van der Waals surface area contributed by atoms with E-state index in [1.54, 1.807) is 39.3 Å². The van der Waals surface area contributed by atoms with Gasteiger partial charge in [-0.25, -0.2) is 4.79 Å². The highest BCUT2D eigenvalue weighted by atomic mass is 16.5. The van der Waals surface area contributed by atoms with Crippen molar-refractivity contribution in [3.63, 3.8) is 0 Å². The molecule has 0 radical (unpaired) electrons. The van der Waals surface area contributed by atoms with Crippen molar-refractivity contribution in [1.82, 2.24) is 10.6 Å².